The second-order valence-corrected chi connectivity index (χ2v) is 11.5. The zero-order chi connectivity index (χ0) is 31.2. The molecule has 0 aromatic rings. The lowest BCUT2D eigenvalue weighted by atomic mass is 9.75. The number of carbonyl (C=O) groups excluding carboxylic acids is 5. The fraction of sp³-hybridized carbons (Fsp3) is 0.690. The third-order valence-electron chi connectivity index (χ3n) is 8.61. The van der Waals surface area contributed by atoms with Gasteiger partial charge in [0.05, 0.1) is 11.8 Å². The highest BCUT2D eigenvalue weighted by Crippen LogP contribution is 2.57. The summed E-state index contributed by atoms with van der Waals surface area (Å²) >= 11 is 0. The van der Waals surface area contributed by atoms with Crippen molar-refractivity contribution in [3.8, 4) is 0 Å². The van der Waals surface area contributed by atoms with Crippen LogP contribution in [0.4, 0.5) is 0 Å². The van der Waals surface area contributed by atoms with Crippen LogP contribution >= 0.6 is 0 Å². The third kappa shape index (κ3) is 5.27. The van der Waals surface area contributed by atoms with Crippen LogP contribution in [-0.2, 0) is 47.7 Å². The molecule has 12 nitrogen and oxygen atoms in total. The number of hydrogen-bond donors (Lipinski definition) is 2. The molecule has 0 spiro atoms. The molecule has 2 N–H and O–H groups in total. The van der Waals surface area contributed by atoms with Crippen molar-refractivity contribution < 1.29 is 57.9 Å². The smallest absolute Gasteiger partial charge is 0.341 e. The van der Waals surface area contributed by atoms with E-state index in [0.29, 0.717) is 6.42 Å². The molecule has 0 aromatic heterocycles. The lowest BCUT2D eigenvalue weighted by molar-refractivity contribution is -0.213. The van der Waals surface area contributed by atoms with E-state index in [-0.39, 0.29) is 16.7 Å². The summed E-state index contributed by atoms with van der Waals surface area (Å²) in [5.74, 6) is -5.85. The Morgan fingerprint density at radius 1 is 1.07 bits per heavy atom. The minimum absolute atomic E-state index is 0.117. The van der Waals surface area contributed by atoms with E-state index in [4.69, 9.17) is 23.7 Å². The SMILES string of the molecule is CC=C(C)C(=O)OC1C(C)=C2C(C1OC(C)=O)C(C)(OC(C)=O)CC(OC(=O)C(C)CC)C1(O)C2OC(=O)C1(C)O. The van der Waals surface area contributed by atoms with Gasteiger partial charge >= 0.3 is 29.8 Å². The van der Waals surface area contributed by atoms with Crippen molar-refractivity contribution in [2.75, 3.05) is 0 Å². The van der Waals surface area contributed by atoms with Gasteiger partial charge in [0, 0.05) is 25.8 Å². The second kappa shape index (κ2) is 11.2. The number of ether oxygens (including phenoxy) is 5. The van der Waals surface area contributed by atoms with Gasteiger partial charge in [-0.1, -0.05) is 19.9 Å². The van der Waals surface area contributed by atoms with Gasteiger partial charge < -0.3 is 33.9 Å². The molecule has 2 fully saturated rings. The van der Waals surface area contributed by atoms with Crippen LogP contribution in [0.1, 0.15) is 75.2 Å². The molecule has 2 aliphatic carbocycles. The Bertz CT molecular complexity index is 1200. The maximum Gasteiger partial charge on any atom is 0.341 e. The highest BCUT2D eigenvalue weighted by Gasteiger charge is 2.76. The number of carbonyl (C=O) groups is 5. The predicted molar refractivity (Wildman–Crippen MR) is 141 cm³/mol. The number of esters is 5. The van der Waals surface area contributed by atoms with E-state index in [1.54, 1.807) is 20.8 Å². The molecule has 41 heavy (non-hydrogen) atoms. The van der Waals surface area contributed by atoms with Gasteiger partial charge in [0.2, 0.25) is 0 Å². The second-order valence-electron chi connectivity index (χ2n) is 11.5. The normalized spacial score (nSPS) is 37.3. The molecule has 1 saturated carbocycles. The first-order valence-electron chi connectivity index (χ1n) is 13.6. The number of allylic oxidation sites excluding steroid dienone is 1. The summed E-state index contributed by atoms with van der Waals surface area (Å²) in [6, 6.07) is 0. The van der Waals surface area contributed by atoms with E-state index in [0.717, 1.165) is 20.8 Å². The molecule has 9 atom stereocenters. The van der Waals surface area contributed by atoms with Gasteiger partial charge in [0.1, 0.15) is 11.7 Å². The van der Waals surface area contributed by atoms with Gasteiger partial charge in [-0.2, -0.15) is 0 Å². The Morgan fingerprint density at radius 3 is 2.20 bits per heavy atom. The minimum atomic E-state index is -2.58. The standard InChI is InChI=1S/C29H40O12/c1-10-13(3)24(32)38-18-12-27(8,41-17(7)31)20-19(23-29(18,36)28(9,35)26(34)40-23)15(5)21(22(20)37-16(6)30)39-25(33)14(4)11-2/h11,13,18,20-23,35-36H,10,12H2,1-9H3. The first-order valence-corrected chi connectivity index (χ1v) is 13.6. The van der Waals surface area contributed by atoms with Crippen LogP contribution in [0.25, 0.3) is 0 Å². The van der Waals surface area contributed by atoms with E-state index in [2.05, 4.69) is 0 Å². The van der Waals surface area contributed by atoms with Crippen molar-refractivity contribution in [1.82, 2.24) is 0 Å². The summed E-state index contributed by atoms with van der Waals surface area (Å²) in [6.45, 7) is 12.9. The summed E-state index contributed by atoms with van der Waals surface area (Å²) in [4.78, 5) is 63.7. The van der Waals surface area contributed by atoms with Crippen LogP contribution in [0.3, 0.4) is 0 Å². The van der Waals surface area contributed by atoms with E-state index in [9.17, 15) is 34.2 Å². The molecule has 12 heteroatoms. The predicted octanol–water partition coefficient (Wildman–Crippen LogP) is 1.83. The van der Waals surface area contributed by atoms with Crippen LogP contribution in [-0.4, -0.2) is 81.3 Å². The van der Waals surface area contributed by atoms with Crippen molar-refractivity contribution in [1.29, 1.82) is 0 Å². The van der Waals surface area contributed by atoms with Crippen molar-refractivity contribution in [2.45, 2.75) is 116 Å². The fourth-order valence-electron chi connectivity index (χ4n) is 6.01. The number of rotatable bonds is 7. The van der Waals surface area contributed by atoms with Crippen LogP contribution in [0, 0.1) is 11.8 Å². The number of fused-ring (bicyclic) bond motifs is 3. The molecule has 0 amide bonds. The Kier molecular flexibility index (Phi) is 8.82. The van der Waals surface area contributed by atoms with Crippen molar-refractivity contribution in [3.63, 3.8) is 0 Å². The molecular formula is C29H40O12. The number of hydrogen-bond acceptors (Lipinski definition) is 12. The Morgan fingerprint density at radius 2 is 1.68 bits per heavy atom. The zero-order valence-electron chi connectivity index (χ0n) is 24.9. The molecule has 3 aliphatic rings. The molecule has 1 saturated heterocycles. The van der Waals surface area contributed by atoms with Crippen molar-refractivity contribution in [3.05, 3.63) is 22.8 Å². The Balaban J connectivity index is 2.34. The van der Waals surface area contributed by atoms with Crippen molar-refractivity contribution in [2.24, 2.45) is 11.8 Å². The van der Waals surface area contributed by atoms with Crippen LogP contribution in [0.5, 0.6) is 0 Å². The van der Waals surface area contributed by atoms with E-state index >= 15 is 0 Å². The first kappa shape index (κ1) is 32.3. The molecule has 0 radical (unpaired) electrons. The molecule has 1 aliphatic heterocycles. The summed E-state index contributed by atoms with van der Waals surface area (Å²) < 4.78 is 28.6. The summed E-state index contributed by atoms with van der Waals surface area (Å²) in [5.41, 5.74) is -6.19. The van der Waals surface area contributed by atoms with E-state index in [1.807, 2.05) is 0 Å². The van der Waals surface area contributed by atoms with E-state index < -0.39 is 89.3 Å². The molecule has 0 aromatic carbocycles. The zero-order valence-corrected chi connectivity index (χ0v) is 24.9. The van der Waals surface area contributed by atoms with Gasteiger partial charge in [0.15, 0.2) is 29.5 Å². The van der Waals surface area contributed by atoms with E-state index in [1.165, 1.54) is 26.8 Å². The summed E-state index contributed by atoms with van der Waals surface area (Å²) in [6.07, 6.45) is -4.28. The average molecular weight is 581 g/mol. The molecular weight excluding hydrogens is 540 g/mol. The highest BCUT2D eigenvalue weighted by atomic mass is 16.6. The summed E-state index contributed by atoms with van der Waals surface area (Å²) in [5, 5.41) is 23.7. The third-order valence-corrected chi connectivity index (χ3v) is 8.61. The lowest BCUT2D eigenvalue weighted by Crippen LogP contribution is -2.64. The van der Waals surface area contributed by atoms with Gasteiger partial charge in [-0.05, 0) is 52.2 Å². The minimum Gasteiger partial charge on any atom is -0.459 e. The van der Waals surface area contributed by atoms with Crippen LogP contribution in [0.15, 0.2) is 22.8 Å². The maximum absolute atomic E-state index is 13.0. The topological polar surface area (TPSA) is 172 Å². The molecule has 1 heterocycles. The molecule has 228 valence electrons. The van der Waals surface area contributed by atoms with Crippen molar-refractivity contribution >= 4 is 29.8 Å². The van der Waals surface area contributed by atoms with Crippen LogP contribution in [0.2, 0.25) is 0 Å². The first-order chi connectivity index (χ1) is 18.9. The molecule has 3 rings (SSSR count). The van der Waals surface area contributed by atoms with Gasteiger partial charge in [-0.3, -0.25) is 14.4 Å². The Hall–Kier alpha value is -3.25. The molecule has 9 unspecified atom stereocenters. The average Bonchev–Trinajstić information content (AvgIpc) is 3.20. The van der Waals surface area contributed by atoms with Crippen LogP contribution < -0.4 is 0 Å². The lowest BCUT2D eigenvalue weighted by Gasteiger charge is -2.42. The summed E-state index contributed by atoms with van der Waals surface area (Å²) in [7, 11) is 0. The number of aliphatic hydroxyl groups is 2. The maximum atomic E-state index is 13.0. The molecule has 0 bridgehead atoms. The Labute approximate surface area is 239 Å². The quantitative estimate of drug-likeness (QED) is 0.194. The van der Waals surface area contributed by atoms with Gasteiger partial charge in [0.25, 0.3) is 0 Å². The fourth-order valence-corrected chi connectivity index (χ4v) is 6.01. The largest absolute Gasteiger partial charge is 0.459 e. The van der Waals surface area contributed by atoms with Gasteiger partial charge in [-0.15, -0.1) is 0 Å². The monoisotopic (exact) mass is 580 g/mol. The van der Waals surface area contributed by atoms with Gasteiger partial charge in [-0.25, -0.2) is 9.59 Å². The highest BCUT2D eigenvalue weighted by molar-refractivity contribution is 5.88.